The van der Waals surface area contributed by atoms with Crippen LogP contribution in [0.2, 0.25) is 10.0 Å². The zero-order valence-electron chi connectivity index (χ0n) is 22.4. The zero-order valence-corrected chi connectivity index (χ0v) is 23.9. The quantitative estimate of drug-likeness (QED) is 0.261. The molecule has 0 aromatic heterocycles. The Morgan fingerprint density at radius 3 is 2.24 bits per heavy atom. The summed E-state index contributed by atoms with van der Waals surface area (Å²) in [4.78, 5) is 28.8. The van der Waals surface area contributed by atoms with Gasteiger partial charge in [0.1, 0.15) is 11.8 Å². The molecule has 0 saturated heterocycles. The second-order valence-corrected chi connectivity index (χ2v) is 10.6. The molecule has 5 nitrogen and oxygen atoms in total. The second-order valence-electron chi connectivity index (χ2n) is 9.79. The van der Waals surface area contributed by atoms with Gasteiger partial charge in [-0.1, -0.05) is 92.5 Å². The molecule has 0 aliphatic rings. The number of benzene rings is 3. The van der Waals surface area contributed by atoms with Gasteiger partial charge in [-0.3, -0.25) is 9.59 Å². The van der Waals surface area contributed by atoms with Crippen molar-refractivity contribution in [2.24, 2.45) is 0 Å². The van der Waals surface area contributed by atoms with Crippen LogP contribution >= 0.6 is 23.2 Å². The third-order valence-electron chi connectivity index (χ3n) is 6.54. The van der Waals surface area contributed by atoms with E-state index in [-0.39, 0.29) is 31.0 Å². The molecule has 0 aliphatic carbocycles. The Morgan fingerprint density at radius 1 is 0.947 bits per heavy atom. The lowest BCUT2D eigenvalue weighted by atomic mass is 10.0. The van der Waals surface area contributed by atoms with Gasteiger partial charge in [-0.15, -0.1) is 0 Å². The topological polar surface area (TPSA) is 58.6 Å². The van der Waals surface area contributed by atoms with Crippen molar-refractivity contribution in [3.8, 4) is 5.75 Å². The Morgan fingerprint density at radius 2 is 1.63 bits per heavy atom. The Hall–Kier alpha value is -3.02. The first-order chi connectivity index (χ1) is 18.2. The minimum Gasteiger partial charge on any atom is -0.484 e. The number of halogens is 2. The third kappa shape index (κ3) is 8.50. The number of amides is 2. The fourth-order valence-electron chi connectivity index (χ4n) is 4.01. The van der Waals surface area contributed by atoms with E-state index in [9.17, 15) is 9.59 Å². The van der Waals surface area contributed by atoms with Gasteiger partial charge < -0.3 is 15.0 Å². The van der Waals surface area contributed by atoms with Crippen molar-refractivity contribution >= 4 is 35.0 Å². The number of rotatable bonds is 12. The maximum absolute atomic E-state index is 13.7. The van der Waals surface area contributed by atoms with Gasteiger partial charge in [0.2, 0.25) is 5.91 Å². The molecular formula is C31H36Cl2N2O3. The summed E-state index contributed by atoms with van der Waals surface area (Å²) in [5, 5.41) is 3.99. The minimum atomic E-state index is -0.766. The highest BCUT2D eigenvalue weighted by molar-refractivity contribution is 6.35. The van der Waals surface area contributed by atoms with Gasteiger partial charge in [0, 0.05) is 29.1 Å². The number of nitrogens with zero attached hydrogens (tertiary/aromatic N) is 1. The number of carbonyl (C=O) groups excluding carboxylic acids is 2. The van der Waals surface area contributed by atoms with Gasteiger partial charge in [-0.2, -0.15) is 0 Å². The summed E-state index contributed by atoms with van der Waals surface area (Å²) >= 11 is 12.6. The number of ether oxygens (including phenoxy) is 1. The van der Waals surface area contributed by atoms with E-state index in [4.69, 9.17) is 27.9 Å². The molecule has 0 bridgehead atoms. The summed E-state index contributed by atoms with van der Waals surface area (Å²) in [5.74, 6) is 0.455. The SMILES string of the molecule is CC[C@H](C)NC(=O)[C@@H](Cc1ccccc1)N(Cc1ccc(Cl)cc1Cl)C(=O)COc1ccc(C(C)C)cc1. The zero-order chi connectivity index (χ0) is 27.7. The molecule has 38 heavy (non-hydrogen) atoms. The maximum Gasteiger partial charge on any atom is 0.261 e. The predicted molar refractivity (Wildman–Crippen MR) is 155 cm³/mol. The Kier molecular flexibility index (Phi) is 11.1. The molecule has 0 heterocycles. The molecule has 3 aromatic rings. The first kappa shape index (κ1) is 29.5. The highest BCUT2D eigenvalue weighted by atomic mass is 35.5. The van der Waals surface area contributed by atoms with Gasteiger partial charge in [-0.05, 0) is 60.2 Å². The van der Waals surface area contributed by atoms with E-state index in [0.29, 0.717) is 33.7 Å². The first-order valence-electron chi connectivity index (χ1n) is 13.0. The van der Waals surface area contributed by atoms with Gasteiger partial charge in [0.25, 0.3) is 5.91 Å². The summed E-state index contributed by atoms with van der Waals surface area (Å²) in [6, 6.07) is 21.7. The summed E-state index contributed by atoms with van der Waals surface area (Å²) in [5.41, 5.74) is 2.83. The Bertz CT molecular complexity index is 1200. The maximum atomic E-state index is 13.7. The normalized spacial score (nSPS) is 12.6. The van der Waals surface area contributed by atoms with Crippen LogP contribution in [-0.4, -0.2) is 35.4 Å². The fourth-order valence-corrected chi connectivity index (χ4v) is 4.47. The lowest BCUT2D eigenvalue weighted by Gasteiger charge is -2.32. The van der Waals surface area contributed by atoms with Crippen LogP contribution in [0.15, 0.2) is 72.8 Å². The Labute approximate surface area is 236 Å². The fraction of sp³-hybridized carbons (Fsp3) is 0.355. The van der Waals surface area contributed by atoms with Crippen molar-refractivity contribution in [2.45, 2.75) is 65.1 Å². The van der Waals surface area contributed by atoms with Crippen LogP contribution in [0.25, 0.3) is 0 Å². The van der Waals surface area contributed by atoms with E-state index in [1.807, 2.05) is 68.4 Å². The minimum absolute atomic E-state index is 0.0347. The highest BCUT2D eigenvalue weighted by Gasteiger charge is 2.31. The molecule has 0 fully saturated rings. The molecule has 2 atom stereocenters. The predicted octanol–water partition coefficient (Wildman–Crippen LogP) is 7.05. The molecule has 202 valence electrons. The molecule has 2 amide bonds. The van der Waals surface area contributed by atoms with Crippen LogP contribution in [0.4, 0.5) is 0 Å². The van der Waals surface area contributed by atoms with Gasteiger partial charge >= 0.3 is 0 Å². The van der Waals surface area contributed by atoms with Crippen LogP contribution in [0.1, 0.15) is 56.7 Å². The molecule has 0 unspecified atom stereocenters. The van der Waals surface area contributed by atoms with E-state index in [1.54, 1.807) is 23.1 Å². The smallest absolute Gasteiger partial charge is 0.261 e. The molecule has 7 heteroatoms. The van der Waals surface area contributed by atoms with Crippen molar-refractivity contribution in [3.05, 3.63) is 99.5 Å². The van der Waals surface area contributed by atoms with Gasteiger partial charge in [0.15, 0.2) is 6.61 Å². The van der Waals surface area contributed by atoms with Crippen LogP contribution in [0.5, 0.6) is 5.75 Å². The molecule has 3 aromatic carbocycles. The van der Waals surface area contributed by atoms with Crippen molar-refractivity contribution in [2.75, 3.05) is 6.61 Å². The standard InChI is InChI=1S/C31H36Cl2N2O3/c1-5-22(4)34-31(37)29(17-23-9-7-6-8-10-23)35(19-25-11-14-26(32)18-28(25)33)30(36)20-38-27-15-12-24(13-16-27)21(2)3/h6-16,18,21-22,29H,5,17,19-20H2,1-4H3,(H,34,37)/t22-,29+/m0/s1. The van der Waals surface area contributed by atoms with Crippen molar-refractivity contribution < 1.29 is 14.3 Å². The molecule has 3 rings (SSSR count). The summed E-state index contributed by atoms with van der Waals surface area (Å²) in [6.07, 6.45) is 1.12. The summed E-state index contributed by atoms with van der Waals surface area (Å²) < 4.78 is 5.88. The van der Waals surface area contributed by atoms with Crippen LogP contribution in [0, 0.1) is 0 Å². The third-order valence-corrected chi connectivity index (χ3v) is 7.12. The van der Waals surface area contributed by atoms with E-state index < -0.39 is 6.04 Å². The van der Waals surface area contributed by atoms with Crippen LogP contribution in [0.3, 0.4) is 0 Å². The molecular weight excluding hydrogens is 519 g/mol. The van der Waals surface area contributed by atoms with Crippen molar-refractivity contribution in [1.82, 2.24) is 10.2 Å². The molecule has 1 N–H and O–H groups in total. The average Bonchev–Trinajstić information content (AvgIpc) is 2.91. The van der Waals surface area contributed by atoms with E-state index in [0.717, 1.165) is 12.0 Å². The largest absolute Gasteiger partial charge is 0.484 e. The van der Waals surface area contributed by atoms with Crippen LogP contribution in [-0.2, 0) is 22.6 Å². The Balaban J connectivity index is 1.92. The number of hydrogen-bond acceptors (Lipinski definition) is 3. The monoisotopic (exact) mass is 554 g/mol. The molecule has 0 aliphatic heterocycles. The van der Waals surface area contributed by atoms with E-state index >= 15 is 0 Å². The summed E-state index contributed by atoms with van der Waals surface area (Å²) in [7, 11) is 0. The lowest BCUT2D eigenvalue weighted by molar-refractivity contribution is -0.143. The first-order valence-corrected chi connectivity index (χ1v) is 13.7. The number of hydrogen-bond donors (Lipinski definition) is 1. The van der Waals surface area contributed by atoms with Gasteiger partial charge in [-0.25, -0.2) is 0 Å². The molecule has 0 saturated carbocycles. The van der Waals surface area contributed by atoms with Crippen LogP contribution < -0.4 is 10.1 Å². The number of carbonyl (C=O) groups is 2. The van der Waals surface area contributed by atoms with E-state index in [1.165, 1.54) is 5.56 Å². The van der Waals surface area contributed by atoms with E-state index in [2.05, 4.69) is 19.2 Å². The second kappa shape index (κ2) is 14.2. The van der Waals surface area contributed by atoms with Crippen molar-refractivity contribution in [3.63, 3.8) is 0 Å². The number of nitrogens with one attached hydrogen (secondary N) is 1. The molecule has 0 radical (unpaired) electrons. The van der Waals surface area contributed by atoms with Crippen molar-refractivity contribution in [1.29, 1.82) is 0 Å². The molecule has 0 spiro atoms. The van der Waals surface area contributed by atoms with Gasteiger partial charge in [0.05, 0.1) is 0 Å². The summed E-state index contributed by atoms with van der Waals surface area (Å²) in [6.45, 7) is 8.12. The highest BCUT2D eigenvalue weighted by Crippen LogP contribution is 2.25. The average molecular weight is 556 g/mol. The lowest BCUT2D eigenvalue weighted by Crippen LogP contribution is -2.53.